The van der Waals surface area contributed by atoms with E-state index < -0.39 is 10.0 Å². The Balaban J connectivity index is 1.56. The molecule has 0 spiro atoms. The van der Waals surface area contributed by atoms with E-state index in [4.69, 9.17) is 0 Å². The van der Waals surface area contributed by atoms with E-state index in [-0.39, 0.29) is 17.9 Å². The van der Waals surface area contributed by atoms with Crippen molar-refractivity contribution in [1.29, 1.82) is 0 Å². The second-order valence-corrected chi connectivity index (χ2v) is 8.62. The fourth-order valence-corrected chi connectivity index (χ4v) is 5.01. The average Bonchev–Trinajstić information content (AvgIpc) is 3.10. The quantitative estimate of drug-likeness (QED) is 0.918. The number of sulfonamides is 1. The summed E-state index contributed by atoms with van der Waals surface area (Å²) in [5.41, 5.74) is 1.86. The van der Waals surface area contributed by atoms with E-state index >= 15 is 0 Å². The van der Waals surface area contributed by atoms with E-state index in [1.54, 1.807) is 18.2 Å². The number of nitrogens with one attached hydrogen (secondary N) is 1. The summed E-state index contributed by atoms with van der Waals surface area (Å²) in [5.74, 6) is 0.386. The van der Waals surface area contributed by atoms with Crippen molar-refractivity contribution in [1.82, 2.24) is 4.72 Å². The first-order valence-electron chi connectivity index (χ1n) is 8.51. The number of amides is 1. The van der Waals surface area contributed by atoms with Crippen LogP contribution in [0.15, 0.2) is 23.1 Å². The molecule has 23 heavy (non-hydrogen) atoms. The molecule has 0 bridgehead atoms. The highest BCUT2D eigenvalue weighted by atomic mass is 32.2. The lowest BCUT2D eigenvalue weighted by molar-refractivity contribution is -0.119. The van der Waals surface area contributed by atoms with Crippen molar-refractivity contribution in [2.75, 3.05) is 11.4 Å². The lowest BCUT2D eigenvalue weighted by Gasteiger charge is -2.18. The highest BCUT2D eigenvalue weighted by Crippen LogP contribution is 2.37. The van der Waals surface area contributed by atoms with Crippen LogP contribution >= 0.6 is 0 Å². The van der Waals surface area contributed by atoms with E-state index in [1.807, 2.05) is 4.90 Å². The van der Waals surface area contributed by atoms with Crippen LogP contribution in [0.5, 0.6) is 0 Å². The van der Waals surface area contributed by atoms with E-state index in [0.717, 1.165) is 56.2 Å². The molecule has 1 aliphatic heterocycles. The van der Waals surface area contributed by atoms with Crippen LogP contribution in [0.2, 0.25) is 0 Å². The maximum Gasteiger partial charge on any atom is 0.240 e. The van der Waals surface area contributed by atoms with Crippen molar-refractivity contribution in [2.24, 2.45) is 5.92 Å². The molecular formula is C17H22N2O3S. The van der Waals surface area contributed by atoms with E-state index in [0.29, 0.717) is 11.4 Å². The SMILES string of the molecule is O=C(C1CC1)N1CCc2cc(S(=O)(=O)NC3CCCC3)ccc21. The summed E-state index contributed by atoms with van der Waals surface area (Å²) in [4.78, 5) is 14.4. The third kappa shape index (κ3) is 2.90. The Hall–Kier alpha value is -1.40. The van der Waals surface area contributed by atoms with Gasteiger partial charge in [-0.25, -0.2) is 13.1 Å². The highest BCUT2D eigenvalue weighted by molar-refractivity contribution is 7.89. The van der Waals surface area contributed by atoms with Gasteiger partial charge in [-0.05, 0) is 55.9 Å². The predicted octanol–water partition coefficient (Wildman–Crippen LogP) is 2.21. The molecule has 0 unspecified atom stereocenters. The largest absolute Gasteiger partial charge is 0.312 e. The van der Waals surface area contributed by atoms with E-state index in [2.05, 4.69) is 4.72 Å². The van der Waals surface area contributed by atoms with Gasteiger partial charge >= 0.3 is 0 Å². The summed E-state index contributed by atoms with van der Waals surface area (Å²) in [7, 11) is -3.46. The maximum atomic E-state index is 12.5. The fourth-order valence-electron chi connectivity index (χ4n) is 3.66. The number of fused-ring (bicyclic) bond motifs is 1. The molecule has 1 amide bonds. The molecule has 2 aliphatic carbocycles. The average molecular weight is 334 g/mol. The lowest BCUT2D eigenvalue weighted by Crippen LogP contribution is -2.32. The van der Waals surface area contributed by atoms with Crippen LogP contribution in [-0.2, 0) is 21.2 Å². The Kier molecular flexibility index (Phi) is 3.69. The number of anilines is 1. The Morgan fingerprint density at radius 2 is 1.87 bits per heavy atom. The van der Waals surface area contributed by atoms with E-state index in [9.17, 15) is 13.2 Å². The molecule has 1 aromatic carbocycles. The Morgan fingerprint density at radius 3 is 2.57 bits per heavy atom. The molecule has 6 heteroatoms. The zero-order valence-corrected chi connectivity index (χ0v) is 13.9. The van der Waals surface area contributed by atoms with Gasteiger partial charge in [-0.1, -0.05) is 12.8 Å². The fraction of sp³-hybridized carbons (Fsp3) is 0.588. The van der Waals surface area contributed by atoms with Crippen LogP contribution < -0.4 is 9.62 Å². The number of rotatable bonds is 4. The molecule has 1 aromatic rings. The number of carbonyl (C=O) groups excluding carboxylic acids is 1. The van der Waals surface area contributed by atoms with Crippen LogP contribution in [0.1, 0.15) is 44.1 Å². The Bertz CT molecular complexity index is 734. The summed E-state index contributed by atoms with van der Waals surface area (Å²) in [6.07, 6.45) is 6.75. The first kappa shape index (κ1) is 15.1. The third-order valence-electron chi connectivity index (χ3n) is 5.13. The first-order chi connectivity index (χ1) is 11.0. The molecule has 5 nitrogen and oxygen atoms in total. The molecule has 0 radical (unpaired) electrons. The van der Waals surface area contributed by atoms with Gasteiger partial charge in [-0.2, -0.15) is 0 Å². The molecule has 1 N–H and O–H groups in total. The second kappa shape index (κ2) is 5.60. The second-order valence-electron chi connectivity index (χ2n) is 6.91. The molecule has 4 rings (SSSR count). The standard InChI is InChI=1S/C17H22N2O3S/c20-17(12-5-6-12)19-10-9-13-11-15(7-8-16(13)19)23(21,22)18-14-3-1-2-4-14/h7-8,11-12,14,18H,1-6,9-10H2. The maximum absolute atomic E-state index is 12.5. The first-order valence-corrected chi connectivity index (χ1v) is 9.99. The third-order valence-corrected chi connectivity index (χ3v) is 6.64. The van der Waals surface area contributed by atoms with Gasteiger partial charge < -0.3 is 4.90 Å². The minimum atomic E-state index is -3.46. The van der Waals surface area contributed by atoms with Gasteiger partial charge in [-0.3, -0.25) is 4.79 Å². The lowest BCUT2D eigenvalue weighted by atomic mass is 10.2. The topological polar surface area (TPSA) is 66.5 Å². The number of benzene rings is 1. The van der Waals surface area contributed by atoms with Crippen molar-refractivity contribution in [2.45, 2.75) is 55.9 Å². The predicted molar refractivity (Wildman–Crippen MR) is 87.8 cm³/mol. The van der Waals surface area contributed by atoms with Crippen molar-refractivity contribution in [3.63, 3.8) is 0 Å². The van der Waals surface area contributed by atoms with Crippen LogP contribution in [0.4, 0.5) is 5.69 Å². The van der Waals surface area contributed by atoms with Gasteiger partial charge in [0.15, 0.2) is 0 Å². The zero-order chi connectivity index (χ0) is 16.0. The molecule has 2 saturated carbocycles. The summed E-state index contributed by atoms with van der Waals surface area (Å²) in [5, 5.41) is 0. The molecule has 0 atom stereocenters. The van der Waals surface area contributed by atoms with Gasteiger partial charge in [-0.15, -0.1) is 0 Å². The van der Waals surface area contributed by atoms with Crippen molar-refractivity contribution < 1.29 is 13.2 Å². The van der Waals surface area contributed by atoms with E-state index in [1.165, 1.54) is 0 Å². The summed E-state index contributed by atoms with van der Waals surface area (Å²) in [6, 6.07) is 5.24. The molecular weight excluding hydrogens is 312 g/mol. The van der Waals surface area contributed by atoms with Gasteiger partial charge in [0.05, 0.1) is 4.90 Å². The van der Waals surface area contributed by atoms with Crippen molar-refractivity contribution in [3.05, 3.63) is 23.8 Å². The Labute approximate surface area is 137 Å². The van der Waals surface area contributed by atoms with Crippen molar-refractivity contribution >= 4 is 21.6 Å². The normalized spacial score (nSPS) is 21.7. The highest BCUT2D eigenvalue weighted by Gasteiger charge is 2.36. The van der Waals surface area contributed by atoms with Crippen LogP contribution in [0, 0.1) is 5.92 Å². The molecule has 0 saturated heterocycles. The van der Waals surface area contributed by atoms with Crippen LogP contribution in [-0.4, -0.2) is 26.9 Å². The summed E-state index contributed by atoms with van der Waals surface area (Å²) >= 11 is 0. The monoisotopic (exact) mass is 334 g/mol. The zero-order valence-electron chi connectivity index (χ0n) is 13.1. The summed E-state index contributed by atoms with van der Waals surface area (Å²) < 4.78 is 27.9. The number of hydrogen-bond donors (Lipinski definition) is 1. The molecule has 0 aromatic heterocycles. The molecule has 2 fully saturated rings. The Morgan fingerprint density at radius 1 is 1.13 bits per heavy atom. The minimum Gasteiger partial charge on any atom is -0.312 e. The number of hydrogen-bond acceptors (Lipinski definition) is 3. The molecule has 1 heterocycles. The molecule has 3 aliphatic rings. The summed E-state index contributed by atoms with van der Waals surface area (Å²) in [6.45, 7) is 0.671. The van der Waals surface area contributed by atoms with Crippen LogP contribution in [0.25, 0.3) is 0 Å². The molecule has 124 valence electrons. The minimum absolute atomic E-state index is 0.0706. The smallest absolute Gasteiger partial charge is 0.240 e. The number of carbonyl (C=O) groups is 1. The number of nitrogens with zero attached hydrogens (tertiary/aromatic N) is 1. The van der Waals surface area contributed by atoms with Gasteiger partial charge in [0.25, 0.3) is 0 Å². The van der Waals surface area contributed by atoms with Gasteiger partial charge in [0, 0.05) is 24.2 Å². The van der Waals surface area contributed by atoms with Crippen molar-refractivity contribution in [3.8, 4) is 0 Å². The van der Waals surface area contributed by atoms with Crippen LogP contribution in [0.3, 0.4) is 0 Å². The van der Waals surface area contributed by atoms with Gasteiger partial charge in [0.2, 0.25) is 15.9 Å². The van der Waals surface area contributed by atoms with Gasteiger partial charge in [0.1, 0.15) is 0 Å².